The van der Waals surface area contributed by atoms with E-state index in [-0.39, 0.29) is 17.9 Å². The van der Waals surface area contributed by atoms with E-state index < -0.39 is 6.10 Å². The van der Waals surface area contributed by atoms with Crippen LogP contribution >= 0.6 is 0 Å². The van der Waals surface area contributed by atoms with Gasteiger partial charge in [-0.05, 0) is 38.1 Å². The van der Waals surface area contributed by atoms with Gasteiger partial charge in [0.15, 0.2) is 5.43 Å². The number of hydrogen-bond acceptors (Lipinski definition) is 4. The van der Waals surface area contributed by atoms with Gasteiger partial charge in [0.25, 0.3) is 5.91 Å². The van der Waals surface area contributed by atoms with Gasteiger partial charge in [0.05, 0.1) is 11.5 Å². The minimum atomic E-state index is -0.598. The molecule has 1 unspecified atom stereocenters. The minimum Gasteiger partial charge on any atom is -0.456 e. The van der Waals surface area contributed by atoms with Crippen molar-refractivity contribution in [1.29, 1.82) is 0 Å². The molecule has 0 aliphatic rings. The Morgan fingerprint density at radius 3 is 2.56 bits per heavy atom. The van der Waals surface area contributed by atoms with Crippen LogP contribution < -0.4 is 10.7 Å². The number of amides is 1. The van der Waals surface area contributed by atoms with Crippen molar-refractivity contribution >= 4 is 16.9 Å². The fourth-order valence-electron chi connectivity index (χ4n) is 2.54. The van der Waals surface area contributed by atoms with Crippen LogP contribution in [0.2, 0.25) is 0 Å². The van der Waals surface area contributed by atoms with Crippen LogP contribution in [0.4, 0.5) is 0 Å². The summed E-state index contributed by atoms with van der Waals surface area (Å²) in [7, 11) is 0. The summed E-state index contributed by atoms with van der Waals surface area (Å²) in [5.74, 6) is 0.195. The molecule has 3 rings (SSSR count). The highest BCUT2D eigenvalue weighted by atomic mass is 16.3. The van der Waals surface area contributed by atoms with Gasteiger partial charge in [-0.25, -0.2) is 0 Å². The number of carbonyl (C=O) groups excluding carboxylic acids is 1. The molecule has 5 nitrogen and oxygen atoms in total. The summed E-state index contributed by atoms with van der Waals surface area (Å²) in [6, 6.07) is 13.7. The molecular formula is C20H19NO4. The Hall–Kier alpha value is -2.92. The molecule has 2 N–H and O–H groups in total. The number of aliphatic hydroxyl groups excluding tert-OH is 1. The van der Waals surface area contributed by atoms with Crippen LogP contribution in [0, 0.1) is 6.92 Å². The Bertz CT molecular complexity index is 971. The number of fused-ring (bicyclic) bond motifs is 1. The van der Waals surface area contributed by atoms with Crippen LogP contribution in [-0.2, 0) is 0 Å². The Kier molecular flexibility index (Phi) is 4.67. The first-order chi connectivity index (χ1) is 11.9. The van der Waals surface area contributed by atoms with Gasteiger partial charge < -0.3 is 14.8 Å². The average molecular weight is 337 g/mol. The molecule has 128 valence electrons. The van der Waals surface area contributed by atoms with E-state index in [0.29, 0.717) is 27.9 Å². The van der Waals surface area contributed by atoms with E-state index in [2.05, 4.69) is 5.32 Å². The maximum atomic E-state index is 12.3. The Labute approximate surface area is 144 Å². The summed E-state index contributed by atoms with van der Waals surface area (Å²) in [5, 5.41) is 12.4. The van der Waals surface area contributed by atoms with Crippen molar-refractivity contribution in [2.45, 2.75) is 20.0 Å². The first-order valence-corrected chi connectivity index (χ1v) is 8.05. The smallest absolute Gasteiger partial charge is 0.251 e. The summed E-state index contributed by atoms with van der Waals surface area (Å²) >= 11 is 0. The van der Waals surface area contributed by atoms with Crippen LogP contribution in [0.25, 0.3) is 22.3 Å². The highest BCUT2D eigenvalue weighted by molar-refractivity contribution is 5.94. The highest BCUT2D eigenvalue weighted by Gasteiger charge is 2.10. The molecular weight excluding hydrogens is 318 g/mol. The lowest BCUT2D eigenvalue weighted by Gasteiger charge is -2.08. The van der Waals surface area contributed by atoms with Gasteiger partial charge >= 0.3 is 0 Å². The van der Waals surface area contributed by atoms with E-state index in [1.54, 1.807) is 43.3 Å². The average Bonchev–Trinajstić information content (AvgIpc) is 2.60. The maximum absolute atomic E-state index is 12.3. The molecule has 0 aliphatic carbocycles. The molecule has 2 aromatic carbocycles. The van der Waals surface area contributed by atoms with Crippen LogP contribution in [0.5, 0.6) is 0 Å². The number of aliphatic hydroxyl groups is 1. The molecule has 0 aliphatic heterocycles. The maximum Gasteiger partial charge on any atom is 0.251 e. The molecule has 0 saturated carbocycles. The molecule has 1 heterocycles. The minimum absolute atomic E-state index is 0.0984. The Morgan fingerprint density at radius 2 is 1.88 bits per heavy atom. The Balaban J connectivity index is 1.90. The standard InChI is InChI=1S/C20H19NO4/c1-12-3-8-18-16(9-12)17(23)10-19(25-18)14-4-6-15(7-5-14)20(24)21-11-13(2)22/h3-10,13,22H,11H2,1-2H3,(H,21,24). The highest BCUT2D eigenvalue weighted by Crippen LogP contribution is 2.23. The molecule has 3 aromatic rings. The van der Waals surface area contributed by atoms with E-state index in [4.69, 9.17) is 4.42 Å². The lowest BCUT2D eigenvalue weighted by molar-refractivity contribution is 0.0924. The van der Waals surface area contributed by atoms with Gasteiger partial charge in [0.1, 0.15) is 11.3 Å². The summed E-state index contributed by atoms with van der Waals surface area (Å²) in [6.45, 7) is 3.72. The van der Waals surface area contributed by atoms with E-state index in [0.717, 1.165) is 5.56 Å². The molecule has 1 atom stereocenters. The summed E-state index contributed by atoms with van der Waals surface area (Å²) in [5.41, 5.74) is 2.63. The van der Waals surface area contributed by atoms with E-state index >= 15 is 0 Å². The first kappa shape index (κ1) is 16.9. The van der Waals surface area contributed by atoms with E-state index in [9.17, 15) is 14.7 Å². The van der Waals surface area contributed by atoms with Crippen molar-refractivity contribution in [2.75, 3.05) is 6.54 Å². The van der Waals surface area contributed by atoms with Gasteiger partial charge in [-0.15, -0.1) is 0 Å². The fourth-order valence-corrected chi connectivity index (χ4v) is 2.54. The van der Waals surface area contributed by atoms with Crippen molar-refractivity contribution in [1.82, 2.24) is 5.32 Å². The monoisotopic (exact) mass is 337 g/mol. The van der Waals surface area contributed by atoms with Crippen molar-refractivity contribution in [3.8, 4) is 11.3 Å². The third-order valence-electron chi connectivity index (χ3n) is 3.87. The molecule has 0 radical (unpaired) electrons. The molecule has 25 heavy (non-hydrogen) atoms. The van der Waals surface area contributed by atoms with Crippen LogP contribution in [0.3, 0.4) is 0 Å². The summed E-state index contributed by atoms with van der Waals surface area (Å²) in [6.07, 6.45) is -0.598. The van der Waals surface area contributed by atoms with Crippen molar-refractivity contribution < 1.29 is 14.3 Å². The SMILES string of the molecule is Cc1ccc2oc(-c3ccc(C(=O)NCC(C)O)cc3)cc(=O)c2c1. The molecule has 0 fully saturated rings. The van der Waals surface area contributed by atoms with Gasteiger partial charge in [-0.3, -0.25) is 9.59 Å². The van der Waals surface area contributed by atoms with E-state index in [1.165, 1.54) is 6.07 Å². The first-order valence-electron chi connectivity index (χ1n) is 8.05. The van der Waals surface area contributed by atoms with E-state index in [1.807, 2.05) is 13.0 Å². The number of rotatable bonds is 4. The predicted molar refractivity (Wildman–Crippen MR) is 96.7 cm³/mol. The van der Waals surface area contributed by atoms with Crippen LogP contribution in [0.15, 0.2) is 57.7 Å². The fraction of sp³-hybridized carbons (Fsp3) is 0.200. The van der Waals surface area contributed by atoms with Crippen LogP contribution in [-0.4, -0.2) is 23.7 Å². The third-order valence-corrected chi connectivity index (χ3v) is 3.87. The molecule has 0 spiro atoms. The largest absolute Gasteiger partial charge is 0.456 e. The number of benzene rings is 2. The molecule has 1 aromatic heterocycles. The van der Waals surface area contributed by atoms with Gasteiger partial charge in [-0.1, -0.05) is 23.8 Å². The number of hydrogen-bond donors (Lipinski definition) is 2. The Morgan fingerprint density at radius 1 is 1.16 bits per heavy atom. The number of nitrogens with one attached hydrogen (secondary N) is 1. The zero-order valence-corrected chi connectivity index (χ0v) is 14.1. The molecule has 5 heteroatoms. The van der Waals surface area contributed by atoms with Gasteiger partial charge in [-0.2, -0.15) is 0 Å². The number of aryl methyl sites for hydroxylation is 1. The van der Waals surface area contributed by atoms with Crippen molar-refractivity contribution in [3.63, 3.8) is 0 Å². The van der Waals surface area contributed by atoms with Gasteiger partial charge in [0, 0.05) is 23.7 Å². The van der Waals surface area contributed by atoms with Crippen molar-refractivity contribution in [3.05, 3.63) is 69.9 Å². The normalized spacial score (nSPS) is 12.1. The lowest BCUT2D eigenvalue weighted by Crippen LogP contribution is -2.30. The summed E-state index contributed by atoms with van der Waals surface area (Å²) in [4.78, 5) is 24.3. The van der Waals surface area contributed by atoms with Crippen molar-refractivity contribution in [2.24, 2.45) is 0 Å². The quantitative estimate of drug-likeness (QED) is 0.767. The topological polar surface area (TPSA) is 79.5 Å². The molecule has 0 saturated heterocycles. The second-order valence-electron chi connectivity index (χ2n) is 6.11. The second-order valence-corrected chi connectivity index (χ2v) is 6.11. The zero-order valence-electron chi connectivity index (χ0n) is 14.1. The second kappa shape index (κ2) is 6.91. The third kappa shape index (κ3) is 3.78. The number of carbonyl (C=O) groups is 1. The molecule has 0 bridgehead atoms. The lowest BCUT2D eigenvalue weighted by atomic mass is 10.1. The molecule has 1 amide bonds. The summed E-state index contributed by atoms with van der Waals surface area (Å²) < 4.78 is 5.83. The van der Waals surface area contributed by atoms with Crippen LogP contribution in [0.1, 0.15) is 22.8 Å². The predicted octanol–water partition coefficient (Wildman–Crippen LogP) is 2.88. The zero-order chi connectivity index (χ0) is 18.0. The van der Waals surface area contributed by atoms with Gasteiger partial charge in [0.2, 0.25) is 0 Å².